The lowest BCUT2D eigenvalue weighted by molar-refractivity contribution is -0.327. The van der Waals surface area contributed by atoms with E-state index in [1.807, 2.05) is 55.3 Å². The number of benzene rings is 2. The predicted molar refractivity (Wildman–Crippen MR) is 159 cm³/mol. The molecule has 1 amide bonds. The van der Waals surface area contributed by atoms with Crippen LogP contribution in [0.4, 0.5) is 13.2 Å². The fourth-order valence-corrected chi connectivity index (χ4v) is 4.94. The number of hydrogen-bond donors (Lipinski definition) is 1. The lowest BCUT2D eigenvalue weighted by Gasteiger charge is -2.32. The van der Waals surface area contributed by atoms with Crippen molar-refractivity contribution in [1.82, 2.24) is 9.80 Å². The lowest BCUT2D eigenvalue weighted by atomic mass is 10.0. The molecule has 0 saturated carbocycles. The largest absolute Gasteiger partial charge is 0.522 e. The molecule has 2 unspecified atom stereocenters. The molecule has 1 saturated heterocycles. The number of ether oxygens (including phenoxy) is 5. The van der Waals surface area contributed by atoms with E-state index in [0.717, 1.165) is 36.2 Å². The number of likely N-dealkylation sites (tertiary alicyclic amines) is 1. The summed E-state index contributed by atoms with van der Waals surface area (Å²) in [5.74, 6) is 0.685. The molecule has 3 rings (SSSR count). The Hall–Kier alpha value is -2.74. The molecule has 1 heterocycles. The van der Waals surface area contributed by atoms with Gasteiger partial charge in [-0.1, -0.05) is 30.3 Å². The van der Waals surface area contributed by atoms with Crippen LogP contribution in [0, 0.1) is 13.8 Å². The van der Waals surface area contributed by atoms with Crippen LogP contribution in [0.15, 0.2) is 42.5 Å². The third kappa shape index (κ3) is 12.7. The van der Waals surface area contributed by atoms with Gasteiger partial charge in [-0.2, -0.15) is 0 Å². The maximum Gasteiger partial charge on any atom is 0.522 e. The Labute approximate surface area is 257 Å². The van der Waals surface area contributed by atoms with E-state index in [-0.39, 0.29) is 51.1 Å². The fourth-order valence-electron chi connectivity index (χ4n) is 4.94. The second kappa shape index (κ2) is 18.3. The third-order valence-electron chi connectivity index (χ3n) is 7.52. The number of nitrogens with zero attached hydrogens (tertiary/aromatic N) is 2. The van der Waals surface area contributed by atoms with Gasteiger partial charge in [-0.05, 0) is 54.7 Å². The maximum absolute atomic E-state index is 13.5. The zero-order valence-electron chi connectivity index (χ0n) is 25.8. The third-order valence-corrected chi connectivity index (χ3v) is 7.52. The van der Waals surface area contributed by atoms with Crippen molar-refractivity contribution in [2.75, 3.05) is 79.5 Å². The summed E-state index contributed by atoms with van der Waals surface area (Å²) in [6, 6.07) is 13.6. The summed E-state index contributed by atoms with van der Waals surface area (Å²) in [4.78, 5) is 17.6. The summed E-state index contributed by atoms with van der Waals surface area (Å²) in [5.41, 5.74) is 4.32. The number of alkyl halides is 3. The van der Waals surface area contributed by atoms with Crippen LogP contribution in [0.1, 0.15) is 34.7 Å². The van der Waals surface area contributed by atoms with E-state index in [1.54, 1.807) is 0 Å². The van der Waals surface area contributed by atoms with Crippen molar-refractivity contribution in [2.24, 2.45) is 0 Å². The zero-order chi connectivity index (χ0) is 32.0. The van der Waals surface area contributed by atoms with Gasteiger partial charge in [0, 0.05) is 26.7 Å². The van der Waals surface area contributed by atoms with Gasteiger partial charge in [0.1, 0.15) is 12.4 Å². The quantitative estimate of drug-likeness (QED) is 0.234. The fraction of sp³-hybridized carbons (Fsp3) is 0.594. The van der Waals surface area contributed by atoms with E-state index in [2.05, 4.69) is 22.6 Å². The van der Waals surface area contributed by atoms with E-state index in [0.29, 0.717) is 31.9 Å². The SMILES string of the molecule is Cc1ccc(CC(=O)N(C)C(CN2CCC(OCCOCCOCCOC(F)(F)F)C2)c2ccc(OCCO)cc2)cc1C. The van der Waals surface area contributed by atoms with Crippen molar-refractivity contribution in [3.8, 4) is 5.75 Å². The summed E-state index contributed by atoms with van der Waals surface area (Å²) in [5, 5.41) is 9.06. The molecule has 1 aliphatic heterocycles. The number of aryl methyl sites for hydroxylation is 2. The van der Waals surface area contributed by atoms with Crippen LogP contribution in [-0.4, -0.2) is 113 Å². The minimum Gasteiger partial charge on any atom is -0.491 e. The van der Waals surface area contributed by atoms with Gasteiger partial charge in [-0.25, -0.2) is 0 Å². The lowest BCUT2D eigenvalue weighted by Crippen LogP contribution is -2.39. The van der Waals surface area contributed by atoms with Crippen molar-refractivity contribution >= 4 is 5.91 Å². The molecule has 0 bridgehead atoms. The van der Waals surface area contributed by atoms with Crippen molar-refractivity contribution < 1.29 is 46.8 Å². The molecule has 2 aromatic carbocycles. The van der Waals surface area contributed by atoms with E-state index >= 15 is 0 Å². The first-order valence-electron chi connectivity index (χ1n) is 14.9. The normalized spacial score (nSPS) is 16.3. The van der Waals surface area contributed by atoms with E-state index in [9.17, 15) is 18.0 Å². The average molecular weight is 627 g/mol. The predicted octanol–water partition coefficient (Wildman–Crippen LogP) is 4.08. The van der Waals surface area contributed by atoms with Gasteiger partial charge in [0.2, 0.25) is 5.91 Å². The number of likely N-dealkylation sites (N-methyl/N-ethyl adjacent to an activating group) is 1. The first-order valence-corrected chi connectivity index (χ1v) is 14.9. The van der Waals surface area contributed by atoms with Crippen LogP contribution in [0.2, 0.25) is 0 Å². The van der Waals surface area contributed by atoms with Crippen LogP contribution >= 0.6 is 0 Å². The molecule has 2 atom stereocenters. The number of aliphatic hydroxyl groups is 1. The van der Waals surface area contributed by atoms with Gasteiger partial charge in [-0.3, -0.25) is 14.4 Å². The van der Waals surface area contributed by atoms with Gasteiger partial charge in [0.25, 0.3) is 0 Å². The summed E-state index contributed by atoms with van der Waals surface area (Å²) in [6.45, 7) is 6.88. The van der Waals surface area contributed by atoms with Crippen LogP contribution in [0.5, 0.6) is 5.75 Å². The topological polar surface area (TPSA) is 89.9 Å². The van der Waals surface area contributed by atoms with Crippen LogP contribution in [0.3, 0.4) is 0 Å². The molecule has 44 heavy (non-hydrogen) atoms. The van der Waals surface area contributed by atoms with Crippen LogP contribution < -0.4 is 4.74 Å². The minimum atomic E-state index is -4.65. The molecule has 0 spiro atoms. The Morgan fingerprint density at radius 1 is 0.977 bits per heavy atom. The summed E-state index contributed by atoms with van der Waals surface area (Å²) >= 11 is 0. The van der Waals surface area contributed by atoms with Crippen LogP contribution in [0.25, 0.3) is 0 Å². The molecule has 1 fully saturated rings. The van der Waals surface area contributed by atoms with Gasteiger partial charge in [0.05, 0.1) is 64.8 Å². The highest BCUT2D eigenvalue weighted by Crippen LogP contribution is 2.27. The molecule has 246 valence electrons. The first-order chi connectivity index (χ1) is 21.1. The highest BCUT2D eigenvalue weighted by Gasteiger charge is 2.30. The number of carbonyl (C=O) groups is 1. The Morgan fingerprint density at radius 3 is 2.32 bits per heavy atom. The average Bonchev–Trinajstić information content (AvgIpc) is 3.44. The standard InChI is InChI=1S/C32H45F3N2O7/c1-24-4-5-26(20-25(24)2)21-31(39)36(3)30(27-6-8-28(9-7-27)42-13-12-38)23-37-11-10-29(22-37)43-18-16-40-14-15-41-17-19-44-32(33,34)35/h4-9,20,29-30,38H,10-19,21-23H2,1-3H3. The first kappa shape index (κ1) is 35.7. The summed E-state index contributed by atoms with van der Waals surface area (Å²) in [6.07, 6.45) is -3.46. The van der Waals surface area contributed by atoms with E-state index in [1.165, 1.54) is 5.56 Å². The minimum absolute atomic E-state index is 0.0277. The molecule has 0 aliphatic carbocycles. The smallest absolute Gasteiger partial charge is 0.491 e. The van der Waals surface area contributed by atoms with E-state index < -0.39 is 13.0 Å². The number of amides is 1. The molecule has 1 N–H and O–H groups in total. The van der Waals surface area contributed by atoms with Gasteiger partial charge in [-0.15, -0.1) is 13.2 Å². The van der Waals surface area contributed by atoms with Crippen molar-refractivity contribution in [3.05, 3.63) is 64.7 Å². The number of hydrogen-bond acceptors (Lipinski definition) is 8. The van der Waals surface area contributed by atoms with Gasteiger partial charge >= 0.3 is 6.36 Å². The number of carbonyl (C=O) groups excluding carboxylic acids is 1. The molecule has 9 nitrogen and oxygen atoms in total. The van der Waals surface area contributed by atoms with Crippen molar-refractivity contribution in [2.45, 2.75) is 45.2 Å². The van der Waals surface area contributed by atoms with Gasteiger partial charge < -0.3 is 29.0 Å². The summed E-state index contributed by atoms with van der Waals surface area (Å²) < 4.78 is 61.4. The van der Waals surface area contributed by atoms with Crippen LogP contribution in [-0.2, 0) is 30.2 Å². The second-order valence-corrected chi connectivity index (χ2v) is 10.8. The van der Waals surface area contributed by atoms with E-state index in [4.69, 9.17) is 24.1 Å². The Bertz CT molecular complexity index is 1130. The molecular weight excluding hydrogens is 581 g/mol. The molecule has 0 radical (unpaired) electrons. The Balaban J connectivity index is 1.48. The molecule has 12 heteroatoms. The molecule has 2 aromatic rings. The highest BCUT2D eigenvalue weighted by molar-refractivity contribution is 5.79. The Morgan fingerprint density at radius 2 is 1.66 bits per heavy atom. The van der Waals surface area contributed by atoms with Gasteiger partial charge in [0.15, 0.2) is 0 Å². The summed E-state index contributed by atoms with van der Waals surface area (Å²) in [7, 11) is 1.85. The van der Waals surface area contributed by atoms with Crippen molar-refractivity contribution in [3.63, 3.8) is 0 Å². The molecule has 1 aliphatic rings. The highest BCUT2D eigenvalue weighted by atomic mass is 19.4. The number of aliphatic hydroxyl groups excluding tert-OH is 1. The molecule has 0 aromatic heterocycles. The number of halogens is 3. The second-order valence-electron chi connectivity index (χ2n) is 10.8. The Kier molecular flexibility index (Phi) is 14.8. The zero-order valence-corrected chi connectivity index (χ0v) is 25.8. The molecular formula is C32H45F3N2O7. The number of rotatable bonds is 19. The monoisotopic (exact) mass is 626 g/mol. The maximum atomic E-state index is 13.5. The van der Waals surface area contributed by atoms with Crippen molar-refractivity contribution in [1.29, 1.82) is 0 Å².